The van der Waals surface area contributed by atoms with E-state index >= 15 is 0 Å². The van der Waals surface area contributed by atoms with Crippen LogP contribution in [0, 0.1) is 0 Å². The molecule has 0 aliphatic heterocycles. The van der Waals surface area contributed by atoms with Gasteiger partial charge in [-0.25, -0.2) is 0 Å². The van der Waals surface area contributed by atoms with Gasteiger partial charge in [0.2, 0.25) is 0 Å². The summed E-state index contributed by atoms with van der Waals surface area (Å²) in [7, 11) is 1.63. The molecular formula is C10H15NO. The number of rotatable bonds is 4. The highest BCUT2D eigenvalue weighted by molar-refractivity contribution is 5.14. The fourth-order valence-electron chi connectivity index (χ4n) is 1.07. The van der Waals surface area contributed by atoms with Gasteiger partial charge in [-0.3, -0.25) is 0 Å². The Morgan fingerprint density at radius 2 is 2.00 bits per heavy atom. The number of hydrogen-bond donors (Lipinski definition) is 1. The quantitative estimate of drug-likeness (QED) is 0.687. The van der Waals surface area contributed by atoms with Crippen molar-refractivity contribution in [3.8, 4) is 0 Å². The standard InChI is InChI=1S/C10H15NO/c1-12-10(11)8-7-9-5-3-2-4-6-9/h2-6,10H,7-8,11H2,1H3/t10-/m0/s1. The van der Waals surface area contributed by atoms with Crippen molar-refractivity contribution in [1.82, 2.24) is 0 Å². The van der Waals surface area contributed by atoms with E-state index in [9.17, 15) is 0 Å². The first-order chi connectivity index (χ1) is 5.83. The lowest BCUT2D eigenvalue weighted by atomic mass is 10.1. The van der Waals surface area contributed by atoms with E-state index in [1.807, 2.05) is 18.2 Å². The Balaban J connectivity index is 2.33. The van der Waals surface area contributed by atoms with E-state index in [-0.39, 0.29) is 6.23 Å². The molecule has 66 valence electrons. The highest BCUT2D eigenvalue weighted by Gasteiger charge is 1.99. The third-order valence-corrected chi connectivity index (χ3v) is 1.86. The van der Waals surface area contributed by atoms with E-state index in [1.165, 1.54) is 5.56 Å². The lowest BCUT2D eigenvalue weighted by Gasteiger charge is -2.08. The number of benzene rings is 1. The predicted octanol–water partition coefficient (Wildman–Crippen LogP) is 1.55. The molecule has 1 aromatic rings. The van der Waals surface area contributed by atoms with Crippen LogP contribution in [0.25, 0.3) is 0 Å². The van der Waals surface area contributed by atoms with E-state index in [0.717, 1.165) is 12.8 Å². The number of nitrogens with two attached hydrogens (primary N) is 1. The first-order valence-corrected chi connectivity index (χ1v) is 4.15. The fourth-order valence-corrected chi connectivity index (χ4v) is 1.07. The summed E-state index contributed by atoms with van der Waals surface area (Å²) < 4.78 is 4.95. The van der Waals surface area contributed by atoms with E-state index in [0.29, 0.717) is 0 Å². The molecule has 0 spiro atoms. The fraction of sp³-hybridized carbons (Fsp3) is 0.400. The van der Waals surface area contributed by atoms with Gasteiger partial charge < -0.3 is 10.5 Å². The van der Waals surface area contributed by atoms with Gasteiger partial charge in [0.05, 0.1) is 0 Å². The summed E-state index contributed by atoms with van der Waals surface area (Å²) in [5.41, 5.74) is 6.91. The Morgan fingerprint density at radius 3 is 2.58 bits per heavy atom. The molecule has 0 amide bonds. The second-order valence-electron chi connectivity index (χ2n) is 2.80. The van der Waals surface area contributed by atoms with Crippen molar-refractivity contribution >= 4 is 0 Å². The average molecular weight is 165 g/mol. The van der Waals surface area contributed by atoms with Crippen molar-refractivity contribution in [2.75, 3.05) is 7.11 Å². The molecule has 0 saturated carbocycles. The predicted molar refractivity (Wildman–Crippen MR) is 49.7 cm³/mol. The SMILES string of the molecule is CO[C@H](N)CCc1ccccc1. The Morgan fingerprint density at radius 1 is 1.33 bits per heavy atom. The lowest BCUT2D eigenvalue weighted by Crippen LogP contribution is -2.22. The summed E-state index contributed by atoms with van der Waals surface area (Å²) in [4.78, 5) is 0. The summed E-state index contributed by atoms with van der Waals surface area (Å²) in [6.45, 7) is 0. The monoisotopic (exact) mass is 165 g/mol. The summed E-state index contributed by atoms with van der Waals surface area (Å²) in [5, 5.41) is 0. The Kier molecular flexibility index (Phi) is 3.77. The Hall–Kier alpha value is -0.860. The van der Waals surface area contributed by atoms with Gasteiger partial charge in [-0.05, 0) is 18.4 Å². The Bertz CT molecular complexity index is 210. The van der Waals surface area contributed by atoms with Crippen LogP contribution in [0.5, 0.6) is 0 Å². The van der Waals surface area contributed by atoms with Gasteiger partial charge in [0.25, 0.3) is 0 Å². The molecule has 1 atom stereocenters. The van der Waals surface area contributed by atoms with E-state index in [2.05, 4.69) is 12.1 Å². The molecular weight excluding hydrogens is 150 g/mol. The van der Waals surface area contributed by atoms with E-state index in [4.69, 9.17) is 10.5 Å². The highest BCUT2D eigenvalue weighted by Crippen LogP contribution is 2.03. The van der Waals surface area contributed by atoms with Crippen molar-refractivity contribution in [2.45, 2.75) is 19.1 Å². The molecule has 12 heavy (non-hydrogen) atoms. The zero-order chi connectivity index (χ0) is 8.81. The molecule has 0 unspecified atom stereocenters. The smallest absolute Gasteiger partial charge is 0.105 e. The summed E-state index contributed by atoms with van der Waals surface area (Å²) in [5.74, 6) is 0. The van der Waals surface area contributed by atoms with Crippen LogP contribution in [0.15, 0.2) is 30.3 Å². The van der Waals surface area contributed by atoms with Crippen molar-refractivity contribution in [3.05, 3.63) is 35.9 Å². The first kappa shape index (κ1) is 9.23. The van der Waals surface area contributed by atoms with Crippen LogP contribution in [0.2, 0.25) is 0 Å². The van der Waals surface area contributed by atoms with Crippen molar-refractivity contribution in [2.24, 2.45) is 5.73 Å². The third kappa shape index (κ3) is 3.03. The zero-order valence-corrected chi connectivity index (χ0v) is 7.36. The average Bonchev–Trinajstić information content (AvgIpc) is 2.16. The van der Waals surface area contributed by atoms with Crippen molar-refractivity contribution in [3.63, 3.8) is 0 Å². The van der Waals surface area contributed by atoms with Crippen LogP contribution in [0.3, 0.4) is 0 Å². The van der Waals surface area contributed by atoms with Crippen LogP contribution in [0.4, 0.5) is 0 Å². The van der Waals surface area contributed by atoms with Gasteiger partial charge >= 0.3 is 0 Å². The molecule has 0 aromatic heterocycles. The van der Waals surface area contributed by atoms with Gasteiger partial charge in [-0.2, -0.15) is 0 Å². The largest absolute Gasteiger partial charge is 0.367 e. The minimum atomic E-state index is -0.134. The van der Waals surface area contributed by atoms with E-state index in [1.54, 1.807) is 7.11 Å². The van der Waals surface area contributed by atoms with Crippen LogP contribution in [-0.2, 0) is 11.2 Å². The summed E-state index contributed by atoms with van der Waals surface area (Å²) in [6.07, 6.45) is 1.72. The minimum Gasteiger partial charge on any atom is -0.367 e. The molecule has 0 bridgehead atoms. The number of hydrogen-bond acceptors (Lipinski definition) is 2. The maximum Gasteiger partial charge on any atom is 0.105 e. The molecule has 2 N–H and O–H groups in total. The van der Waals surface area contributed by atoms with Gasteiger partial charge in [-0.1, -0.05) is 30.3 Å². The molecule has 2 heteroatoms. The van der Waals surface area contributed by atoms with Crippen molar-refractivity contribution in [1.29, 1.82) is 0 Å². The molecule has 1 rings (SSSR count). The molecule has 0 fully saturated rings. The number of methoxy groups -OCH3 is 1. The van der Waals surface area contributed by atoms with Crippen LogP contribution in [0.1, 0.15) is 12.0 Å². The van der Waals surface area contributed by atoms with Crippen LogP contribution >= 0.6 is 0 Å². The normalized spacial score (nSPS) is 12.8. The number of ether oxygens (including phenoxy) is 1. The Labute approximate surface area is 73.3 Å². The molecule has 0 radical (unpaired) electrons. The molecule has 0 saturated heterocycles. The zero-order valence-electron chi connectivity index (χ0n) is 7.36. The lowest BCUT2D eigenvalue weighted by molar-refractivity contribution is 0.101. The first-order valence-electron chi connectivity index (χ1n) is 4.15. The van der Waals surface area contributed by atoms with Gasteiger partial charge in [0, 0.05) is 7.11 Å². The second-order valence-corrected chi connectivity index (χ2v) is 2.80. The highest BCUT2D eigenvalue weighted by atomic mass is 16.5. The topological polar surface area (TPSA) is 35.2 Å². The van der Waals surface area contributed by atoms with Gasteiger partial charge in [0.15, 0.2) is 0 Å². The third-order valence-electron chi connectivity index (χ3n) is 1.86. The van der Waals surface area contributed by atoms with E-state index < -0.39 is 0 Å². The minimum absolute atomic E-state index is 0.134. The summed E-state index contributed by atoms with van der Waals surface area (Å²) in [6, 6.07) is 10.3. The molecule has 0 heterocycles. The van der Waals surface area contributed by atoms with Crippen LogP contribution < -0.4 is 5.73 Å². The molecule has 1 aromatic carbocycles. The molecule has 2 nitrogen and oxygen atoms in total. The van der Waals surface area contributed by atoms with Crippen molar-refractivity contribution < 1.29 is 4.74 Å². The number of aryl methyl sites for hydroxylation is 1. The summed E-state index contributed by atoms with van der Waals surface area (Å²) >= 11 is 0. The van der Waals surface area contributed by atoms with Gasteiger partial charge in [0.1, 0.15) is 6.23 Å². The molecule has 0 aliphatic rings. The second kappa shape index (κ2) is 4.91. The maximum absolute atomic E-state index is 5.60. The van der Waals surface area contributed by atoms with Gasteiger partial charge in [-0.15, -0.1) is 0 Å². The van der Waals surface area contributed by atoms with Crippen LogP contribution in [-0.4, -0.2) is 13.3 Å². The molecule has 0 aliphatic carbocycles. The maximum atomic E-state index is 5.60.